The third kappa shape index (κ3) is 20.9. The van der Waals surface area contributed by atoms with Crippen molar-refractivity contribution in [3.8, 4) is 24.7 Å². The third-order valence-electron chi connectivity index (χ3n) is 5.34. The van der Waals surface area contributed by atoms with Gasteiger partial charge in [0.1, 0.15) is 6.10 Å². The predicted octanol–water partition coefficient (Wildman–Crippen LogP) is 7.60. The van der Waals surface area contributed by atoms with Gasteiger partial charge in [0.25, 0.3) is 0 Å². The molecule has 0 amide bonds. The average molecular weight is 385 g/mol. The van der Waals surface area contributed by atoms with E-state index in [-0.39, 0.29) is 0 Å². The Kier molecular flexibility index (Phi) is 20.7. The molecule has 0 aliphatic carbocycles. The van der Waals surface area contributed by atoms with Crippen molar-refractivity contribution in [3.63, 3.8) is 0 Å². The van der Waals surface area contributed by atoms with E-state index in [1.807, 2.05) is 12.2 Å². The molecule has 0 radical (unpaired) electrons. The van der Waals surface area contributed by atoms with E-state index in [0.717, 1.165) is 18.8 Å². The molecule has 0 aliphatic heterocycles. The smallest absolute Gasteiger partial charge is 0.133 e. The molecule has 1 N–H and O–H groups in total. The van der Waals surface area contributed by atoms with E-state index in [4.69, 9.17) is 12.8 Å². The maximum Gasteiger partial charge on any atom is 0.133 e. The normalized spacial score (nSPS) is 13.6. The number of hydrogen-bond acceptors (Lipinski definition) is 1. The zero-order chi connectivity index (χ0) is 20.7. The molecule has 28 heavy (non-hydrogen) atoms. The lowest BCUT2D eigenvalue weighted by molar-refractivity contribution is 0.280. The third-order valence-corrected chi connectivity index (χ3v) is 5.34. The summed E-state index contributed by atoms with van der Waals surface area (Å²) in [5, 5.41) is 9.22. The van der Waals surface area contributed by atoms with E-state index in [1.54, 1.807) is 6.08 Å². The number of terminal acetylenes is 2. The number of aliphatic hydroxyl groups is 1. The van der Waals surface area contributed by atoms with Gasteiger partial charge in [0, 0.05) is 0 Å². The maximum atomic E-state index is 9.22. The lowest BCUT2D eigenvalue weighted by atomic mass is 9.96. The van der Waals surface area contributed by atoms with Gasteiger partial charge in [-0.2, -0.15) is 0 Å². The Morgan fingerprint density at radius 2 is 1.18 bits per heavy atom. The Hall–Kier alpha value is -1.44. The summed E-state index contributed by atoms with van der Waals surface area (Å²) >= 11 is 0. The van der Waals surface area contributed by atoms with Crippen molar-refractivity contribution in [2.75, 3.05) is 0 Å². The van der Waals surface area contributed by atoms with Crippen LogP contribution in [-0.4, -0.2) is 11.2 Å². The first-order valence-electron chi connectivity index (χ1n) is 11.6. The fourth-order valence-corrected chi connectivity index (χ4v) is 3.50. The van der Waals surface area contributed by atoms with Gasteiger partial charge in [-0.15, -0.1) is 12.8 Å². The monoisotopic (exact) mass is 384 g/mol. The van der Waals surface area contributed by atoms with Gasteiger partial charge in [-0.25, -0.2) is 0 Å². The minimum Gasteiger partial charge on any atom is -0.377 e. The lowest BCUT2D eigenvalue weighted by Crippen LogP contribution is -1.96. The van der Waals surface area contributed by atoms with E-state index < -0.39 is 6.10 Å². The van der Waals surface area contributed by atoms with Gasteiger partial charge in [-0.1, -0.05) is 108 Å². The molecule has 0 fully saturated rings. The SMILES string of the molecule is C#C/C=C\CCCCCCCCCCCC(C)CCCCC/C=C/C(O)C#C. The van der Waals surface area contributed by atoms with Crippen molar-refractivity contribution in [1.29, 1.82) is 0 Å². The van der Waals surface area contributed by atoms with E-state index in [2.05, 4.69) is 24.8 Å². The molecule has 0 aromatic heterocycles. The molecule has 158 valence electrons. The van der Waals surface area contributed by atoms with Gasteiger partial charge in [-0.05, 0) is 43.8 Å². The molecular formula is C27H44O. The standard InChI is InChI=1S/C27H44O/c1-4-6-7-8-9-10-11-12-13-14-15-17-20-23-26(3)24-21-18-16-19-22-25-27(28)5-2/h1-2,6-7,22,25-28H,8-21,23-24H2,3H3/b7-6-,25-22+. The second-order valence-corrected chi connectivity index (χ2v) is 8.11. The lowest BCUT2D eigenvalue weighted by Gasteiger charge is -2.10. The molecule has 0 aliphatic rings. The molecule has 0 saturated heterocycles. The van der Waals surface area contributed by atoms with Gasteiger partial charge in [0.15, 0.2) is 0 Å². The topological polar surface area (TPSA) is 20.2 Å². The van der Waals surface area contributed by atoms with Crippen molar-refractivity contribution in [2.24, 2.45) is 5.92 Å². The first-order chi connectivity index (χ1) is 13.7. The van der Waals surface area contributed by atoms with Crippen LogP contribution in [0.3, 0.4) is 0 Å². The van der Waals surface area contributed by atoms with Crippen LogP contribution in [0.1, 0.15) is 110 Å². The van der Waals surface area contributed by atoms with Crippen LogP contribution in [0.15, 0.2) is 24.3 Å². The Labute approximate surface area is 176 Å². The van der Waals surface area contributed by atoms with E-state index >= 15 is 0 Å². The fraction of sp³-hybridized carbons (Fsp3) is 0.704. The highest BCUT2D eigenvalue weighted by Crippen LogP contribution is 2.18. The minimum atomic E-state index is -0.716. The van der Waals surface area contributed by atoms with Crippen LogP contribution in [0, 0.1) is 30.6 Å². The molecule has 2 unspecified atom stereocenters. The molecule has 0 aromatic carbocycles. The molecule has 0 heterocycles. The molecule has 2 atom stereocenters. The number of unbranched alkanes of at least 4 members (excludes halogenated alkanes) is 12. The Morgan fingerprint density at radius 3 is 1.71 bits per heavy atom. The van der Waals surface area contributed by atoms with Crippen LogP contribution in [-0.2, 0) is 0 Å². The number of hydrogen-bond donors (Lipinski definition) is 1. The summed E-state index contributed by atoms with van der Waals surface area (Å²) in [4.78, 5) is 0. The molecule has 0 rings (SSSR count). The van der Waals surface area contributed by atoms with Gasteiger partial charge in [0.2, 0.25) is 0 Å². The van der Waals surface area contributed by atoms with E-state index in [0.29, 0.717) is 0 Å². The van der Waals surface area contributed by atoms with Crippen molar-refractivity contribution in [2.45, 2.75) is 116 Å². The summed E-state index contributed by atoms with van der Waals surface area (Å²) in [6, 6.07) is 0. The van der Waals surface area contributed by atoms with Crippen molar-refractivity contribution in [1.82, 2.24) is 0 Å². The Bertz CT molecular complexity index is 460. The molecular weight excluding hydrogens is 340 g/mol. The van der Waals surface area contributed by atoms with Crippen LogP contribution in [0.2, 0.25) is 0 Å². The van der Waals surface area contributed by atoms with Crippen molar-refractivity contribution < 1.29 is 5.11 Å². The first kappa shape index (κ1) is 26.6. The van der Waals surface area contributed by atoms with Gasteiger partial charge in [-0.3, -0.25) is 0 Å². The average Bonchev–Trinajstić information content (AvgIpc) is 2.70. The maximum absolute atomic E-state index is 9.22. The summed E-state index contributed by atoms with van der Waals surface area (Å²) < 4.78 is 0. The summed E-state index contributed by atoms with van der Waals surface area (Å²) in [5.41, 5.74) is 0. The van der Waals surface area contributed by atoms with Gasteiger partial charge < -0.3 is 5.11 Å². The summed E-state index contributed by atoms with van der Waals surface area (Å²) in [6.45, 7) is 2.40. The highest BCUT2D eigenvalue weighted by Gasteiger charge is 2.02. The Balaban J connectivity index is 3.26. The summed E-state index contributed by atoms with van der Waals surface area (Å²) in [6.07, 6.45) is 38.3. The van der Waals surface area contributed by atoms with Crippen LogP contribution in [0.5, 0.6) is 0 Å². The molecule has 0 aromatic rings. The van der Waals surface area contributed by atoms with Crippen LogP contribution >= 0.6 is 0 Å². The van der Waals surface area contributed by atoms with Crippen LogP contribution in [0.4, 0.5) is 0 Å². The highest BCUT2D eigenvalue weighted by molar-refractivity contribution is 5.08. The second kappa shape index (κ2) is 21.9. The minimum absolute atomic E-state index is 0.716. The summed E-state index contributed by atoms with van der Waals surface area (Å²) in [7, 11) is 0. The molecule has 0 saturated carbocycles. The van der Waals surface area contributed by atoms with Crippen molar-refractivity contribution in [3.05, 3.63) is 24.3 Å². The largest absolute Gasteiger partial charge is 0.377 e. The molecule has 1 nitrogen and oxygen atoms in total. The van der Waals surface area contributed by atoms with Gasteiger partial charge >= 0.3 is 0 Å². The number of aliphatic hydroxyl groups excluding tert-OH is 1. The zero-order valence-corrected chi connectivity index (χ0v) is 18.4. The van der Waals surface area contributed by atoms with Crippen molar-refractivity contribution >= 4 is 0 Å². The molecule has 0 spiro atoms. The zero-order valence-electron chi connectivity index (χ0n) is 18.4. The quantitative estimate of drug-likeness (QED) is 0.138. The first-order valence-corrected chi connectivity index (χ1v) is 11.6. The number of rotatable bonds is 19. The number of allylic oxidation sites excluding steroid dienone is 3. The van der Waals surface area contributed by atoms with E-state index in [1.165, 1.54) is 89.9 Å². The van der Waals surface area contributed by atoms with Gasteiger partial charge in [0.05, 0.1) is 0 Å². The molecule has 1 heteroatoms. The molecule has 0 bridgehead atoms. The highest BCUT2D eigenvalue weighted by atomic mass is 16.3. The predicted molar refractivity (Wildman–Crippen MR) is 125 cm³/mol. The second-order valence-electron chi connectivity index (χ2n) is 8.11. The Morgan fingerprint density at radius 1 is 0.714 bits per heavy atom. The van der Waals surface area contributed by atoms with Crippen LogP contribution in [0.25, 0.3) is 0 Å². The fourth-order valence-electron chi connectivity index (χ4n) is 3.50. The van der Waals surface area contributed by atoms with E-state index in [9.17, 15) is 5.11 Å². The van der Waals surface area contributed by atoms with Crippen LogP contribution < -0.4 is 0 Å². The summed E-state index contributed by atoms with van der Waals surface area (Å²) in [5.74, 6) is 5.70.